The van der Waals surface area contributed by atoms with E-state index in [0.717, 1.165) is 16.3 Å². The second-order valence-electron chi connectivity index (χ2n) is 7.04. The molecular weight excluding hydrogens is 410 g/mol. The predicted molar refractivity (Wildman–Crippen MR) is 118 cm³/mol. The molecule has 0 aliphatic rings. The van der Waals surface area contributed by atoms with Crippen molar-refractivity contribution in [2.24, 2.45) is 0 Å². The number of nitrogens with zero attached hydrogens (tertiary/aromatic N) is 3. The molecule has 0 saturated carbocycles. The summed E-state index contributed by atoms with van der Waals surface area (Å²) in [6, 6.07) is 18.2. The lowest BCUT2D eigenvalue weighted by Gasteiger charge is -2.09. The zero-order chi connectivity index (χ0) is 22.1. The van der Waals surface area contributed by atoms with E-state index >= 15 is 0 Å². The van der Waals surface area contributed by atoms with Gasteiger partial charge in [0.15, 0.2) is 0 Å². The van der Waals surface area contributed by atoms with Gasteiger partial charge in [-0.2, -0.15) is 0 Å². The zero-order valence-electron chi connectivity index (χ0n) is 16.7. The monoisotopic (exact) mass is 427 g/mol. The SMILES string of the molecule is O=C(Nc1c(-c2ccccc2)nc2ccccn12)c1c[nH]c(=O)n(Cc2ccco2)c1=O. The number of imidazole rings is 1. The molecule has 5 rings (SSSR count). The molecule has 9 nitrogen and oxygen atoms in total. The van der Waals surface area contributed by atoms with Crippen molar-refractivity contribution < 1.29 is 9.21 Å². The summed E-state index contributed by atoms with van der Waals surface area (Å²) >= 11 is 0. The Labute approximate surface area is 180 Å². The number of rotatable bonds is 5. The first kappa shape index (κ1) is 19.3. The van der Waals surface area contributed by atoms with Gasteiger partial charge in [-0.05, 0) is 24.3 Å². The first-order chi connectivity index (χ1) is 15.6. The number of hydrogen-bond acceptors (Lipinski definition) is 5. The number of aromatic nitrogens is 4. The average Bonchev–Trinajstić information content (AvgIpc) is 3.45. The molecule has 0 spiro atoms. The van der Waals surface area contributed by atoms with Crippen LogP contribution in [0.4, 0.5) is 5.82 Å². The quantitative estimate of drug-likeness (QED) is 0.448. The van der Waals surface area contributed by atoms with E-state index in [-0.39, 0.29) is 12.1 Å². The maximum absolute atomic E-state index is 13.1. The summed E-state index contributed by atoms with van der Waals surface area (Å²) in [5.41, 5.74) is 0.438. The molecule has 0 fully saturated rings. The Balaban J connectivity index is 1.56. The van der Waals surface area contributed by atoms with Crippen molar-refractivity contribution in [2.45, 2.75) is 6.54 Å². The molecule has 0 aliphatic carbocycles. The third-order valence-electron chi connectivity index (χ3n) is 5.01. The zero-order valence-corrected chi connectivity index (χ0v) is 16.7. The van der Waals surface area contributed by atoms with Gasteiger partial charge < -0.3 is 14.7 Å². The van der Waals surface area contributed by atoms with Crippen LogP contribution in [0.1, 0.15) is 16.1 Å². The molecule has 0 radical (unpaired) electrons. The van der Waals surface area contributed by atoms with Crippen LogP contribution in [0.2, 0.25) is 0 Å². The highest BCUT2D eigenvalue weighted by atomic mass is 16.3. The van der Waals surface area contributed by atoms with E-state index in [2.05, 4.69) is 15.3 Å². The normalized spacial score (nSPS) is 11.0. The minimum Gasteiger partial charge on any atom is -0.467 e. The number of pyridine rings is 1. The van der Waals surface area contributed by atoms with Crippen molar-refractivity contribution in [1.82, 2.24) is 18.9 Å². The number of carbonyl (C=O) groups excluding carboxylic acids is 1. The van der Waals surface area contributed by atoms with Gasteiger partial charge in [0.05, 0.1) is 12.8 Å². The number of furan rings is 1. The van der Waals surface area contributed by atoms with Crippen LogP contribution in [-0.4, -0.2) is 24.8 Å². The third kappa shape index (κ3) is 3.41. The molecule has 1 amide bonds. The lowest BCUT2D eigenvalue weighted by molar-refractivity contribution is 0.102. The van der Waals surface area contributed by atoms with Gasteiger partial charge in [-0.15, -0.1) is 0 Å². The van der Waals surface area contributed by atoms with Gasteiger partial charge >= 0.3 is 5.69 Å². The Hall–Kier alpha value is -4.66. The summed E-state index contributed by atoms with van der Waals surface area (Å²) in [5.74, 6) is 0.172. The van der Waals surface area contributed by atoms with Gasteiger partial charge in [-0.3, -0.25) is 18.6 Å². The Bertz CT molecular complexity index is 1530. The first-order valence-corrected chi connectivity index (χ1v) is 9.80. The van der Waals surface area contributed by atoms with Crippen LogP contribution in [-0.2, 0) is 6.54 Å². The van der Waals surface area contributed by atoms with E-state index < -0.39 is 17.2 Å². The average molecular weight is 427 g/mol. The smallest absolute Gasteiger partial charge is 0.328 e. The van der Waals surface area contributed by atoms with Crippen molar-refractivity contribution in [1.29, 1.82) is 0 Å². The van der Waals surface area contributed by atoms with Crippen LogP contribution in [0.5, 0.6) is 0 Å². The minimum atomic E-state index is -0.724. The van der Waals surface area contributed by atoms with Crippen molar-refractivity contribution >= 4 is 17.4 Å². The molecule has 0 aliphatic heterocycles. The Morgan fingerprint density at radius 2 is 1.84 bits per heavy atom. The summed E-state index contributed by atoms with van der Waals surface area (Å²) < 4.78 is 7.87. The van der Waals surface area contributed by atoms with Crippen LogP contribution in [0.3, 0.4) is 0 Å². The minimum absolute atomic E-state index is 0.0901. The topological polar surface area (TPSA) is 114 Å². The summed E-state index contributed by atoms with van der Waals surface area (Å²) in [4.78, 5) is 45.3. The fourth-order valence-electron chi connectivity index (χ4n) is 3.46. The number of amides is 1. The highest BCUT2D eigenvalue weighted by Crippen LogP contribution is 2.28. The second-order valence-corrected chi connectivity index (χ2v) is 7.04. The van der Waals surface area contributed by atoms with Crippen LogP contribution >= 0.6 is 0 Å². The highest BCUT2D eigenvalue weighted by molar-refractivity contribution is 6.05. The second kappa shape index (κ2) is 7.88. The van der Waals surface area contributed by atoms with Crippen molar-refractivity contribution in [2.75, 3.05) is 5.32 Å². The molecule has 1 aromatic carbocycles. The molecule has 2 N–H and O–H groups in total. The van der Waals surface area contributed by atoms with E-state index in [4.69, 9.17) is 4.42 Å². The van der Waals surface area contributed by atoms with Gasteiger partial charge in [0, 0.05) is 18.0 Å². The van der Waals surface area contributed by atoms with Crippen LogP contribution in [0.15, 0.2) is 93.3 Å². The lowest BCUT2D eigenvalue weighted by Crippen LogP contribution is -2.39. The molecule has 0 atom stereocenters. The fraction of sp³-hybridized carbons (Fsp3) is 0.0435. The van der Waals surface area contributed by atoms with E-state index in [1.54, 1.807) is 22.7 Å². The number of anilines is 1. The number of aromatic amines is 1. The van der Waals surface area contributed by atoms with Crippen LogP contribution < -0.4 is 16.6 Å². The summed E-state index contributed by atoms with van der Waals surface area (Å²) in [6.45, 7) is -0.0901. The van der Waals surface area contributed by atoms with E-state index in [0.29, 0.717) is 22.9 Å². The Morgan fingerprint density at radius 1 is 1.03 bits per heavy atom. The molecule has 4 heterocycles. The molecule has 9 heteroatoms. The van der Waals surface area contributed by atoms with Crippen LogP contribution in [0, 0.1) is 0 Å². The maximum atomic E-state index is 13.1. The summed E-state index contributed by atoms with van der Waals surface area (Å²) in [7, 11) is 0. The number of nitrogens with one attached hydrogen (secondary N) is 2. The fourth-order valence-corrected chi connectivity index (χ4v) is 3.46. The van der Waals surface area contributed by atoms with Gasteiger partial charge in [-0.1, -0.05) is 36.4 Å². The number of carbonyl (C=O) groups is 1. The number of hydrogen-bond donors (Lipinski definition) is 2. The molecule has 0 unspecified atom stereocenters. The highest BCUT2D eigenvalue weighted by Gasteiger charge is 2.20. The largest absolute Gasteiger partial charge is 0.467 e. The molecule has 32 heavy (non-hydrogen) atoms. The molecule has 0 bridgehead atoms. The number of fused-ring (bicyclic) bond motifs is 1. The van der Waals surface area contributed by atoms with Gasteiger partial charge in [0.1, 0.15) is 28.5 Å². The predicted octanol–water partition coefficient (Wildman–Crippen LogP) is 2.74. The van der Waals surface area contributed by atoms with E-state index in [9.17, 15) is 14.4 Å². The third-order valence-corrected chi connectivity index (χ3v) is 5.01. The number of benzene rings is 1. The van der Waals surface area contributed by atoms with E-state index in [1.807, 2.05) is 48.5 Å². The lowest BCUT2D eigenvalue weighted by atomic mass is 10.1. The van der Waals surface area contributed by atoms with Crippen molar-refractivity contribution in [3.05, 3.63) is 111 Å². The van der Waals surface area contributed by atoms with Gasteiger partial charge in [-0.25, -0.2) is 9.78 Å². The summed E-state index contributed by atoms with van der Waals surface area (Å²) in [6.07, 6.45) is 4.33. The number of H-pyrrole nitrogens is 1. The standard InChI is InChI=1S/C23H17N5O4/c29-21(17-13-24-23(31)28(22(17)30)14-16-9-6-12-32-16)26-20-19(15-7-2-1-3-8-15)25-18-10-4-5-11-27(18)20/h1-13H,14H2,(H,24,31)(H,26,29). The Morgan fingerprint density at radius 3 is 2.62 bits per heavy atom. The van der Waals surface area contributed by atoms with Crippen molar-refractivity contribution in [3.63, 3.8) is 0 Å². The van der Waals surface area contributed by atoms with Crippen molar-refractivity contribution in [3.8, 4) is 11.3 Å². The van der Waals surface area contributed by atoms with Crippen LogP contribution in [0.25, 0.3) is 16.9 Å². The van der Waals surface area contributed by atoms with Gasteiger partial charge in [0.2, 0.25) is 0 Å². The van der Waals surface area contributed by atoms with E-state index in [1.165, 1.54) is 6.26 Å². The Kier molecular flexibility index (Phi) is 4.75. The molecule has 158 valence electrons. The maximum Gasteiger partial charge on any atom is 0.328 e. The summed E-state index contributed by atoms with van der Waals surface area (Å²) in [5, 5.41) is 2.80. The molecular formula is C23H17N5O4. The molecule has 0 saturated heterocycles. The first-order valence-electron chi connectivity index (χ1n) is 9.80. The molecule has 5 aromatic rings. The molecule has 4 aromatic heterocycles. The van der Waals surface area contributed by atoms with Gasteiger partial charge in [0.25, 0.3) is 11.5 Å².